The second-order valence-corrected chi connectivity index (χ2v) is 4.31. The van der Waals surface area contributed by atoms with E-state index in [1.165, 1.54) is 7.11 Å². The summed E-state index contributed by atoms with van der Waals surface area (Å²) in [6.07, 6.45) is 2.16. The normalized spacial score (nSPS) is 10.1. The first kappa shape index (κ1) is 13.9. The fourth-order valence-electron chi connectivity index (χ4n) is 1.29. The summed E-state index contributed by atoms with van der Waals surface area (Å²) in [5, 5.41) is 3.07. The maximum absolute atomic E-state index is 10.9. The minimum absolute atomic E-state index is 0.237. The smallest absolute Gasteiger partial charge is 0.307 e. The van der Waals surface area contributed by atoms with Gasteiger partial charge in [0.15, 0.2) is 0 Å². The Balaban J connectivity index is 2.55. The Morgan fingerprint density at radius 3 is 2.94 bits per heavy atom. The molecule has 0 radical (unpaired) electrons. The summed E-state index contributed by atoms with van der Waals surface area (Å²) < 4.78 is 5.30. The van der Waals surface area contributed by atoms with Crippen molar-refractivity contribution in [1.82, 2.24) is 9.97 Å². The average Bonchev–Trinajstić information content (AvgIpc) is 2.28. The minimum Gasteiger partial charge on any atom is -0.469 e. The summed E-state index contributed by atoms with van der Waals surface area (Å²) in [6.45, 7) is 2.58. The van der Waals surface area contributed by atoms with Crippen molar-refractivity contribution in [3.05, 3.63) is 16.5 Å². The third-order valence-electron chi connectivity index (χ3n) is 2.08. The number of aryl methyl sites for hydroxylation is 1. The fraction of sp³-hybridized carbons (Fsp3) is 0.545. The number of aromatic nitrogens is 2. The maximum atomic E-state index is 10.9. The van der Waals surface area contributed by atoms with E-state index in [1.54, 1.807) is 6.07 Å². The van der Waals surface area contributed by atoms with E-state index in [4.69, 9.17) is 0 Å². The summed E-state index contributed by atoms with van der Waals surface area (Å²) in [5.74, 6) is 1.28. The molecule has 0 aliphatic carbocycles. The molecular formula is C11H16BrN3O2. The Kier molecular flexibility index (Phi) is 5.90. The van der Waals surface area contributed by atoms with Gasteiger partial charge in [0.2, 0.25) is 0 Å². The molecule has 0 aromatic carbocycles. The summed E-state index contributed by atoms with van der Waals surface area (Å²) in [7, 11) is 1.38. The molecular weight excluding hydrogens is 286 g/mol. The molecule has 1 heterocycles. The highest BCUT2D eigenvalue weighted by Gasteiger charge is 2.04. The number of esters is 1. The van der Waals surface area contributed by atoms with Crippen LogP contribution in [0.15, 0.2) is 10.7 Å². The molecule has 1 N–H and O–H groups in total. The maximum Gasteiger partial charge on any atom is 0.307 e. The summed E-state index contributed by atoms with van der Waals surface area (Å²) in [4.78, 5) is 19.5. The van der Waals surface area contributed by atoms with Crippen molar-refractivity contribution in [2.45, 2.75) is 26.2 Å². The number of nitrogens with zero attached hydrogens (tertiary/aromatic N) is 2. The molecule has 0 unspecified atom stereocenters. The number of nitrogens with one attached hydrogen (secondary N) is 1. The van der Waals surface area contributed by atoms with Crippen LogP contribution in [0.1, 0.15) is 25.6 Å². The molecule has 0 saturated carbocycles. The number of carbonyl (C=O) groups excluding carboxylic acids is 1. The zero-order valence-corrected chi connectivity index (χ0v) is 11.6. The van der Waals surface area contributed by atoms with E-state index in [0.717, 1.165) is 29.1 Å². The third-order valence-corrected chi connectivity index (χ3v) is 2.48. The van der Waals surface area contributed by atoms with E-state index in [0.29, 0.717) is 13.0 Å². The number of carbonyl (C=O) groups is 1. The molecule has 94 valence electrons. The lowest BCUT2D eigenvalue weighted by Gasteiger charge is -2.07. The molecule has 0 fully saturated rings. The number of ether oxygens (including phenoxy) is 1. The van der Waals surface area contributed by atoms with Gasteiger partial charge < -0.3 is 10.1 Å². The molecule has 6 heteroatoms. The summed E-state index contributed by atoms with van der Waals surface area (Å²) in [6, 6.07) is 1.79. The van der Waals surface area contributed by atoms with Gasteiger partial charge in [-0.2, -0.15) is 0 Å². The first-order valence-corrected chi connectivity index (χ1v) is 6.29. The molecule has 1 rings (SSSR count). The Morgan fingerprint density at radius 1 is 1.53 bits per heavy atom. The first-order valence-electron chi connectivity index (χ1n) is 5.50. The van der Waals surface area contributed by atoms with Crippen molar-refractivity contribution in [2.24, 2.45) is 0 Å². The quantitative estimate of drug-likeness (QED) is 0.644. The molecule has 0 atom stereocenters. The highest BCUT2D eigenvalue weighted by atomic mass is 79.9. The van der Waals surface area contributed by atoms with Crippen molar-refractivity contribution in [3.63, 3.8) is 0 Å². The van der Waals surface area contributed by atoms with E-state index < -0.39 is 0 Å². The van der Waals surface area contributed by atoms with Crippen molar-refractivity contribution < 1.29 is 9.53 Å². The number of methoxy groups -OCH3 is 1. The lowest BCUT2D eigenvalue weighted by atomic mass is 10.3. The van der Waals surface area contributed by atoms with Crippen molar-refractivity contribution in [3.8, 4) is 0 Å². The van der Waals surface area contributed by atoms with Crippen LogP contribution in [0, 0.1) is 0 Å². The van der Waals surface area contributed by atoms with Gasteiger partial charge in [-0.1, -0.05) is 6.92 Å². The monoisotopic (exact) mass is 301 g/mol. The van der Waals surface area contributed by atoms with Gasteiger partial charge in [-0.25, -0.2) is 9.97 Å². The van der Waals surface area contributed by atoms with Gasteiger partial charge in [0.25, 0.3) is 0 Å². The Hall–Kier alpha value is -1.17. The predicted octanol–water partition coefficient (Wildman–Crippen LogP) is 2.17. The molecule has 0 saturated heterocycles. The number of hydrogen-bond donors (Lipinski definition) is 1. The number of anilines is 1. The Morgan fingerprint density at radius 2 is 2.29 bits per heavy atom. The Bertz CT molecular complexity index is 385. The van der Waals surface area contributed by atoms with Crippen LogP contribution in [-0.2, 0) is 16.0 Å². The van der Waals surface area contributed by atoms with Crippen LogP contribution in [0.3, 0.4) is 0 Å². The van der Waals surface area contributed by atoms with Crippen LogP contribution in [0.4, 0.5) is 5.82 Å². The number of rotatable bonds is 6. The van der Waals surface area contributed by atoms with Crippen molar-refractivity contribution >= 4 is 27.7 Å². The van der Waals surface area contributed by atoms with Gasteiger partial charge in [0.1, 0.15) is 16.2 Å². The van der Waals surface area contributed by atoms with Gasteiger partial charge >= 0.3 is 5.97 Å². The predicted molar refractivity (Wildman–Crippen MR) is 68.8 cm³/mol. The second kappa shape index (κ2) is 7.21. The lowest BCUT2D eigenvalue weighted by Crippen LogP contribution is -2.11. The van der Waals surface area contributed by atoms with E-state index >= 15 is 0 Å². The first-order chi connectivity index (χ1) is 8.15. The zero-order chi connectivity index (χ0) is 12.7. The highest BCUT2D eigenvalue weighted by Crippen LogP contribution is 2.13. The molecule has 0 amide bonds. The third kappa shape index (κ3) is 5.12. The van der Waals surface area contributed by atoms with Crippen LogP contribution in [0.25, 0.3) is 0 Å². The molecule has 5 nitrogen and oxygen atoms in total. The molecule has 17 heavy (non-hydrogen) atoms. The van der Waals surface area contributed by atoms with Crippen LogP contribution in [0.2, 0.25) is 0 Å². The Labute approximate surface area is 109 Å². The minimum atomic E-state index is -0.237. The van der Waals surface area contributed by atoms with Crippen LogP contribution < -0.4 is 5.32 Å². The van der Waals surface area contributed by atoms with Crippen molar-refractivity contribution in [2.75, 3.05) is 19.0 Å². The fourth-order valence-corrected chi connectivity index (χ4v) is 1.71. The van der Waals surface area contributed by atoms with Crippen LogP contribution >= 0.6 is 15.9 Å². The van der Waals surface area contributed by atoms with Gasteiger partial charge in [-0.05, 0) is 22.4 Å². The standard InChI is InChI=1S/C11H16BrN3O2/c1-3-4-9-14-8(12)7-10(15-9)13-6-5-11(16)17-2/h7H,3-6H2,1-2H3,(H,13,14,15). The van der Waals surface area contributed by atoms with Gasteiger partial charge in [0.05, 0.1) is 13.5 Å². The molecule has 0 spiro atoms. The van der Waals surface area contributed by atoms with Gasteiger partial charge in [0, 0.05) is 19.0 Å². The number of hydrogen-bond acceptors (Lipinski definition) is 5. The lowest BCUT2D eigenvalue weighted by molar-refractivity contribution is -0.140. The highest BCUT2D eigenvalue weighted by molar-refractivity contribution is 9.10. The topological polar surface area (TPSA) is 64.1 Å². The number of halogens is 1. The van der Waals surface area contributed by atoms with E-state index in [-0.39, 0.29) is 5.97 Å². The van der Waals surface area contributed by atoms with Crippen LogP contribution in [0.5, 0.6) is 0 Å². The van der Waals surface area contributed by atoms with E-state index in [9.17, 15) is 4.79 Å². The largest absolute Gasteiger partial charge is 0.469 e. The van der Waals surface area contributed by atoms with E-state index in [1.807, 2.05) is 0 Å². The SMILES string of the molecule is CCCc1nc(Br)cc(NCCC(=O)OC)n1. The molecule has 1 aromatic rings. The second-order valence-electron chi connectivity index (χ2n) is 3.50. The zero-order valence-electron chi connectivity index (χ0n) is 9.99. The molecule has 1 aromatic heterocycles. The molecule has 0 aliphatic heterocycles. The average molecular weight is 302 g/mol. The summed E-state index contributed by atoms with van der Waals surface area (Å²) in [5.41, 5.74) is 0. The van der Waals surface area contributed by atoms with E-state index in [2.05, 4.69) is 42.9 Å². The molecule has 0 bridgehead atoms. The van der Waals surface area contributed by atoms with Crippen LogP contribution in [-0.4, -0.2) is 29.6 Å². The molecule has 0 aliphatic rings. The summed E-state index contributed by atoms with van der Waals surface area (Å²) >= 11 is 3.33. The van der Waals surface area contributed by atoms with Gasteiger partial charge in [-0.15, -0.1) is 0 Å². The van der Waals surface area contributed by atoms with Gasteiger partial charge in [-0.3, -0.25) is 4.79 Å². The van der Waals surface area contributed by atoms with Crippen molar-refractivity contribution in [1.29, 1.82) is 0 Å².